The number of fused-ring (bicyclic) bond motifs is 1. The lowest BCUT2D eigenvalue weighted by molar-refractivity contribution is -0.0979. The van der Waals surface area contributed by atoms with Gasteiger partial charge in [-0.2, -0.15) is 0 Å². The van der Waals surface area contributed by atoms with Crippen molar-refractivity contribution in [3.8, 4) is 0 Å². The number of aromatic nitrogens is 1. The molecule has 4 heteroatoms. The van der Waals surface area contributed by atoms with Crippen LogP contribution in [0.5, 0.6) is 0 Å². The maximum Gasteiger partial charge on any atom is 0.106 e. The van der Waals surface area contributed by atoms with Gasteiger partial charge in [0.1, 0.15) is 6.79 Å². The number of hydrogen-bond acceptors (Lipinski definition) is 2. The summed E-state index contributed by atoms with van der Waals surface area (Å²) in [5.41, 5.74) is 8.94. The molecule has 0 saturated heterocycles. The molecule has 4 aromatic rings. The van der Waals surface area contributed by atoms with Crippen LogP contribution in [-0.2, 0) is 11.2 Å². The number of halogens is 1. The van der Waals surface area contributed by atoms with Crippen molar-refractivity contribution in [1.82, 2.24) is 4.98 Å². The second-order valence-corrected chi connectivity index (χ2v) is 8.32. The summed E-state index contributed by atoms with van der Waals surface area (Å²) in [5.74, 6) is 0.314. The highest BCUT2D eigenvalue weighted by molar-refractivity contribution is 6.30. The minimum absolute atomic E-state index is 0.314. The van der Waals surface area contributed by atoms with Crippen molar-refractivity contribution in [2.75, 3.05) is 11.9 Å². The van der Waals surface area contributed by atoms with Crippen molar-refractivity contribution < 1.29 is 4.79 Å². The molecule has 3 aromatic carbocycles. The molecule has 0 aliphatic heterocycles. The zero-order chi connectivity index (χ0) is 22.4. The number of aromatic amines is 1. The average molecular weight is 433 g/mol. The number of anilines is 1. The fourth-order valence-corrected chi connectivity index (χ4v) is 4.07. The third-order valence-corrected chi connectivity index (χ3v) is 5.91. The molecule has 0 radical (unpaired) electrons. The molecule has 31 heavy (non-hydrogen) atoms. The number of aryl methyl sites for hydroxylation is 2. The van der Waals surface area contributed by atoms with Crippen LogP contribution in [0, 0.1) is 13.8 Å². The van der Waals surface area contributed by atoms with Crippen LogP contribution in [0.1, 0.15) is 40.8 Å². The molecule has 2 N–H and O–H groups in total. The van der Waals surface area contributed by atoms with E-state index in [9.17, 15) is 0 Å². The van der Waals surface area contributed by atoms with Crippen LogP contribution in [0.15, 0.2) is 66.7 Å². The van der Waals surface area contributed by atoms with E-state index in [4.69, 9.17) is 16.4 Å². The molecular formula is C27H29ClN2O. The molecule has 0 aliphatic carbocycles. The Morgan fingerprint density at radius 1 is 0.935 bits per heavy atom. The summed E-state index contributed by atoms with van der Waals surface area (Å²) in [5, 5.41) is 5.62. The van der Waals surface area contributed by atoms with Crippen molar-refractivity contribution in [1.29, 1.82) is 0 Å². The first-order valence-electron chi connectivity index (χ1n) is 10.5. The van der Waals surface area contributed by atoms with E-state index in [1.165, 1.54) is 38.9 Å². The summed E-state index contributed by atoms with van der Waals surface area (Å²) in [4.78, 5) is 11.7. The van der Waals surface area contributed by atoms with Crippen LogP contribution in [0.25, 0.3) is 10.9 Å². The van der Waals surface area contributed by atoms with Gasteiger partial charge < -0.3 is 15.1 Å². The van der Waals surface area contributed by atoms with Gasteiger partial charge >= 0.3 is 0 Å². The monoisotopic (exact) mass is 432 g/mol. The van der Waals surface area contributed by atoms with Crippen molar-refractivity contribution in [2.45, 2.75) is 33.1 Å². The minimum atomic E-state index is 0.314. The van der Waals surface area contributed by atoms with E-state index in [1.807, 2.05) is 31.1 Å². The molecule has 0 saturated carbocycles. The van der Waals surface area contributed by atoms with E-state index in [0.717, 1.165) is 23.7 Å². The largest absolute Gasteiger partial charge is 0.385 e. The first kappa shape index (κ1) is 22.6. The normalized spacial score (nSPS) is 11.6. The van der Waals surface area contributed by atoms with Crippen LogP contribution in [-0.4, -0.2) is 18.3 Å². The van der Waals surface area contributed by atoms with E-state index in [-0.39, 0.29) is 0 Å². The van der Waals surface area contributed by atoms with Gasteiger partial charge in [-0.15, -0.1) is 0 Å². The third-order valence-electron chi connectivity index (χ3n) is 5.65. The van der Waals surface area contributed by atoms with E-state index in [1.54, 1.807) is 0 Å². The fraction of sp³-hybridized carbons (Fsp3) is 0.222. The first-order valence-corrected chi connectivity index (χ1v) is 10.8. The second kappa shape index (κ2) is 10.3. The standard InChI is InChI=1S/C26H27ClN2.CH2O/c1-17-4-7-20(8-5-17)19(3)26-23(24-16-18(2)6-13-25(24)29-26)14-15-28-22-11-9-21(27)10-12-22;1-2/h4-13,16,19,28-29H,14-15H2,1-3H3;1H2. The van der Waals surface area contributed by atoms with Crippen LogP contribution in [0.2, 0.25) is 5.02 Å². The minimum Gasteiger partial charge on any atom is -0.385 e. The summed E-state index contributed by atoms with van der Waals surface area (Å²) in [6.07, 6.45) is 0.956. The molecule has 1 unspecified atom stereocenters. The molecule has 4 rings (SSSR count). The number of rotatable bonds is 6. The van der Waals surface area contributed by atoms with Gasteiger partial charge in [0.05, 0.1) is 0 Å². The van der Waals surface area contributed by atoms with E-state index in [0.29, 0.717) is 5.92 Å². The Morgan fingerprint density at radius 2 is 1.58 bits per heavy atom. The number of hydrogen-bond donors (Lipinski definition) is 2. The van der Waals surface area contributed by atoms with Gasteiger partial charge in [0, 0.05) is 39.8 Å². The molecule has 3 nitrogen and oxygen atoms in total. The molecule has 1 atom stereocenters. The number of benzene rings is 3. The number of nitrogens with one attached hydrogen (secondary N) is 2. The smallest absolute Gasteiger partial charge is 0.106 e. The highest BCUT2D eigenvalue weighted by Crippen LogP contribution is 2.33. The number of carbonyl (C=O) groups excluding carboxylic acids is 1. The lowest BCUT2D eigenvalue weighted by Gasteiger charge is -2.15. The maximum absolute atomic E-state index is 8.00. The predicted octanol–water partition coefficient (Wildman–Crippen LogP) is 7.06. The molecule has 1 aromatic heterocycles. The molecule has 0 amide bonds. The Bertz CT molecular complexity index is 1130. The summed E-state index contributed by atoms with van der Waals surface area (Å²) in [6, 6.07) is 23.4. The SMILES string of the molecule is C=O.Cc1ccc(C(C)c2[nH]c3ccc(C)cc3c2CCNc2ccc(Cl)cc2)cc1. The molecule has 160 valence electrons. The molecule has 1 heterocycles. The summed E-state index contributed by atoms with van der Waals surface area (Å²) in [7, 11) is 0. The maximum atomic E-state index is 8.00. The van der Waals surface area contributed by atoms with Gasteiger partial charge in [0.2, 0.25) is 0 Å². The van der Waals surface area contributed by atoms with Crippen LogP contribution in [0.3, 0.4) is 0 Å². The Labute approximate surface area is 189 Å². The summed E-state index contributed by atoms with van der Waals surface area (Å²) in [6.45, 7) is 9.45. The van der Waals surface area contributed by atoms with E-state index in [2.05, 4.69) is 73.5 Å². The topological polar surface area (TPSA) is 44.9 Å². The van der Waals surface area contributed by atoms with Crippen molar-refractivity contribution >= 4 is 35.0 Å². The lowest BCUT2D eigenvalue weighted by atomic mass is 9.92. The Morgan fingerprint density at radius 3 is 2.26 bits per heavy atom. The van der Waals surface area contributed by atoms with Gasteiger partial charge in [0.15, 0.2) is 0 Å². The van der Waals surface area contributed by atoms with Crippen LogP contribution in [0.4, 0.5) is 5.69 Å². The molecular weight excluding hydrogens is 404 g/mol. The second-order valence-electron chi connectivity index (χ2n) is 7.88. The molecule has 0 bridgehead atoms. The van der Waals surface area contributed by atoms with Crippen LogP contribution >= 0.6 is 11.6 Å². The van der Waals surface area contributed by atoms with Gasteiger partial charge in [-0.25, -0.2) is 0 Å². The van der Waals surface area contributed by atoms with Gasteiger partial charge in [-0.1, -0.05) is 60.0 Å². The third kappa shape index (κ3) is 5.36. The fourth-order valence-electron chi connectivity index (χ4n) is 3.94. The van der Waals surface area contributed by atoms with Gasteiger partial charge in [-0.05, 0) is 67.8 Å². The zero-order valence-corrected chi connectivity index (χ0v) is 19.1. The lowest BCUT2D eigenvalue weighted by Crippen LogP contribution is -2.08. The quantitative estimate of drug-likeness (QED) is 0.342. The van der Waals surface area contributed by atoms with Crippen LogP contribution < -0.4 is 5.32 Å². The molecule has 0 fully saturated rings. The van der Waals surface area contributed by atoms with Gasteiger partial charge in [0.25, 0.3) is 0 Å². The Balaban J connectivity index is 0.00000132. The van der Waals surface area contributed by atoms with E-state index >= 15 is 0 Å². The zero-order valence-electron chi connectivity index (χ0n) is 18.3. The molecule has 0 spiro atoms. The Kier molecular flexibility index (Phi) is 7.54. The summed E-state index contributed by atoms with van der Waals surface area (Å²) < 4.78 is 0. The van der Waals surface area contributed by atoms with Gasteiger partial charge in [-0.3, -0.25) is 0 Å². The van der Waals surface area contributed by atoms with E-state index < -0.39 is 0 Å². The van der Waals surface area contributed by atoms with Crippen molar-refractivity contribution in [3.05, 3.63) is 99.7 Å². The highest BCUT2D eigenvalue weighted by atomic mass is 35.5. The van der Waals surface area contributed by atoms with Crippen molar-refractivity contribution in [2.24, 2.45) is 0 Å². The van der Waals surface area contributed by atoms with Crippen molar-refractivity contribution in [3.63, 3.8) is 0 Å². The predicted molar refractivity (Wildman–Crippen MR) is 132 cm³/mol. The first-order chi connectivity index (χ1) is 15.0. The highest BCUT2D eigenvalue weighted by Gasteiger charge is 2.18. The molecule has 0 aliphatic rings. The number of H-pyrrole nitrogens is 1. The Hall–Kier alpha value is -3.04. The average Bonchev–Trinajstić information content (AvgIpc) is 3.14. The summed E-state index contributed by atoms with van der Waals surface area (Å²) >= 11 is 6.00. The number of carbonyl (C=O) groups is 1.